The van der Waals surface area contributed by atoms with Gasteiger partial charge in [-0.3, -0.25) is 5.43 Å². The second-order valence-corrected chi connectivity index (χ2v) is 5.82. The topological polar surface area (TPSA) is 36.4 Å². The van der Waals surface area contributed by atoms with E-state index in [4.69, 9.17) is 12.2 Å². The van der Waals surface area contributed by atoms with Crippen LogP contribution in [0.1, 0.15) is 15.3 Å². The molecule has 2 N–H and O–H groups in total. The van der Waals surface area contributed by atoms with Gasteiger partial charge >= 0.3 is 0 Å². The highest BCUT2D eigenvalue weighted by Gasteiger charge is 1.98. The minimum absolute atomic E-state index is 0.485. The molecule has 0 unspecified atom stereocenters. The maximum absolute atomic E-state index is 5.18. The van der Waals surface area contributed by atoms with Gasteiger partial charge in [-0.15, -0.1) is 11.3 Å². The lowest BCUT2D eigenvalue weighted by atomic mass is 10.2. The summed E-state index contributed by atoms with van der Waals surface area (Å²) in [6.45, 7) is 4.10. The molecule has 19 heavy (non-hydrogen) atoms. The zero-order valence-electron chi connectivity index (χ0n) is 10.8. The zero-order chi connectivity index (χ0) is 13.7. The fourth-order valence-corrected chi connectivity index (χ4v) is 2.45. The van der Waals surface area contributed by atoms with Crippen molar-refractivity contribution in [3.8, 4) is 0 Å². The SMILES string of the molecule is Cc1ccc(/C=N\NC(=S)Nc2ccccc2C)s1. The number of anilines is 1. The molecule has 1 aromatic carbocycles. The predicted molar refractivity (Wildman–Crippen MR) is 87.2 cm³/mol. The van der Waals surface area contributed by atoms with E-state index in [-0.39, 0.29) is 0 Å². The summed E-state index contributed by atoms with van der Waals surface area (Å²) < 4.78 is 0. The summed E-state index contributed by atoms with van der Waals surface area (Å²) in [5, 5.41) is 7.71. The highest BCUT2D eigenvalue weighted by molar-refractivity contribution is 7.80. The Morgan fingerprint density at radius 1 is 1.21 bits per heavy atom. The van der Waals surface area contributed by atoms with Crippen LogP contribution < -0.4 is 10.7 Å². The Balaban J connectivity index is 1.88. The lowest BCUT2D eigenvalue weighted by Gasteiger charge is -2.09. The Kier molecular flexibility index (Phi) is 4.65. The van der Waals surface area contributed by atoms with Crippen molar-refractivity contribution >= 4 is 40.6 Å². The van der Waals surface area contributed by atoms with Gasteiger partial charge in [-0.05, 0) is 49.8 Å². The predicted octanol–water partition coefficient (Wildman–Crippen LogP) is 3.69. The van der Waals surface area contributed by atoms with Crippen LogP contribution in [-0.4, -0.2) is 11.3 Å². The first-order chi connectivity index (χ1) is 9.15. The molecule has 0 bridgehead atoms. The van der Waals surface area contributed by atoms with Crippen LogP contribution in [-0.2, 0) is 0 Å². The van der Waals surface area contributed by atoms with Crippen molar-refractivity contribution in [2.75, 3.05) is 5.32 Å². The summed E-state index contributed by atoms with van der Waals surface area (Å²) >= 11 is 6.88. The number of thiophene rings is 1. The lowest BCUT2D eigenvalue weighted by Crippen LogP contribution is -2.24. The van der Waals surface area contributed by atoms with Crippen LogP contribution in [0.2, 0.25) is 0 Å². The molecule has 0 atom stereocenters. The second-order valence-electron chi connectivity index (χ2n) is 4.09. The van der Waals surface area contributed by atoms with E-state index >= 15 is 0 Å². The molecule has 0 saturated carbocycles. The van der Waals surface area contributed by atoms with Gasteiger partial charge in [0.2, 0.25) is 0 Å². The normalized spacial score (nSPS) is 10.6. The molecule has 0 saturated heterocycles. The van der Waals surface area contributed by atoms with Gasteiger partial charge in [0, 0.05) is 15.4 Å². The van der Waals surface area contributed by atoms with Crippen molar-refractivity contribution in [3.63, 3.8) is 0 Å². The Hall–Kier alpha value is -1.72. The van der Waals surface area contributed by atoms with Crippen LogP contribution in [0.15, 0.2) is 41.5 Å². The number of rotatable bonds is 3. The summed E-state index contributed by atoms with van der Waals surface area (Å²) in [7, 11) is 0. The summed E-state index contributed by atoms with van der Waals surface area (Å²) in [4.78, 5) is 2.37. The van der Waals surface area contributed by atoms with Crippen molar-refractivity contribution in [1.29, 1.82) is 0 Å². The van der Waals surface area contributed by atoms with E-state index in [9.17, 15) is 0 Å². The third-order valence-corrected chi connectivity index (χ3v) is 3.64. The van der Waals surface area contributed by atoms with Gasteiger partial charge in [-0.2, -0.15) is 5.10 Å². The van der Waals surface area contributed by atoms with Gasteiger partial charge in [-0.1, -0.05) is 18.2 Å². The molecule has 0 aliphatic rings. The number of hydrogen-bond acceptors (Lipinski definition) is 3. The van der Waals surface area contributed by atoms with E-state index in [2.05, 4.69) is 28.8 Å². The summed E-state index contributed by atoms with van der Waals surface area (Å²) in [6, 6.07) is 12.1. The number of para-hydroxylation sites is 1. The Bertz CT molecular complexity index is 602. The summed E-state index contributed by atoms with van der Waals surface area (Å²) in [5.74, 6) is 0. The monoisotopic (exact) mass is 289 g/mol. The van der Waals surface area contributed by atoms with Crippen LogP contribution in [0.3, 0.4) is 0 Å². The van der Waals surface area contributed by atoms with Crippen molar-refractivity contribution < 1.29 is 0 Å². The molecule has 0 fully saturated rings. The van der Waals surface area contributed by atoms with Crippen LogP contribution in [0.5, 0.6) is 0 Å². The lowest BCUT2D eigenvalue weighted by molar-refractivity contribution is 1.05. The number of thiocarbonyl (C=S) groups is 1. The molecule has 2 rings (SSSR count). The van der Waals surface area contributed by atoms with Crippen LogP contribution in [0.25, 0.3) is 0 Å². The summed E-state index contributed by atoms with van der Waals surface area (Å²) in [5.41, 5.74) is 4.94. The maximum Gasteiger partial charge on any atom is 0.191 e. The number of benzene rings is 1. The average Bonchev–Trinajstić information content (AvgIpc) is 2.78. The molecule has 2 aromatic rings. The maximum atomic E-state index is 5.18. The first kappa shape index (κ1) is 13.7. The Morgan fingerprint density at radius 3 is 2.68 bits per heavy atom. The van der Waals surface area contributed by atoms with Gasteiger partial charge in [0.1, 0.15) is 0 Å². The highest BCUT2D eigenvalue weighted by atomic mass is 32.1. The van der Waals surface area contributed by atoms with E-state index in [0.29, 0.717) is 5.11 Å². The van der Waals surface area contributed by atoms with Gasteiger partial charge in [0.25, 0.3) is 0 Å². The number of nitrogens with zero attached hydrogens (tertiary/aromatic N) is 1. The highest BCUT2D eigenvalue weighted by Crippen LogP contribution is 2.13. The van der Waals surface area contributed by atoms with Crippen LogP contribution in [0, 0.1) is 13.8 Å². The van der Waals surface area contributed by atoms with Crippen molar-refractivity contribution in [2.24, 2.45) is 5.10 Å². The van der Waals surface area contributed by atoms with Gasteiger partial charge in [0.15, 0.2) is 5.11 Å². The van der Waals surface area contributed by atoms with E-state index in [1.54, 1.807) is 17.6 Å². The molecular weight excluding hydrogens is 274 g/mol. The fourth-order valence-electron chi connectivity index (χ4n) is 1.54. The first-order valence-corrected chi connectivity index (χ1v) is 7.10. The second kappa shape index (κ2) is 6.45. The molecule has 0 amide bonds. The van der Waals surface area contributed by atoms with Crippen molar-refractivity contribution in [3.05, 3.63) is 51.7 Å². The quantitative estimate of drug-likeness (QED) is 0.514. The number of hydrazone groups is 1. The van der Waals surface area contributed by atoms with E-state index in [1.807, 2.05) is 37.3 Å². The third kappa shape index (κ3) is 4.15. The third-order valence-electron chi connectivity index (χ3n) is 2.51. The molecule has 3 nitrogen and oxygen atoms in total. The van der Waals surface area contributed by atoms with Gasteiger partial charge < -0.3 is 5.32 Å². The number of nitrogens with one attached hydrogen (secondary N) is 2. The Labute approximate surface area is 122 Å². The van der Waals surface area contributed by atoms with Crippen molar-refractivity contribution in [1.82, 2.24) is 5.43 Å². The van der Waals surface area contributed by atoms with E-state index in [1.165, 1.54) is 4.88 Å². The molecule has 1 aromatic heterocycles. The standard InChI is InChI=1S/C14H15N3S2/c1-10-5-3-4-6-13(10)16-14(18)17-15-9-12-8-7-11(2)19-12/h3-9H,1-2H3,(H2,16,17,18)/b15-9-. The van der Waals surface area contributed by atoms with Crippen molar-refractivity contribution in [2.45, 2.75) is 13.8 Å². The molecular formula is C14H15N3S2. The smallest absolute Gasteiger partial charge is 0.191 e. The zero-order valence-corrected chi connectivity index (χ0v) is 12.4. The van der Waals surface area contributed by atoms with E-state index < -0.39 is 0 Å². The molecule has 5 heteroatoms. The first-order valence-electron chi connectivity index (χ1n) is 5.87. The Morgan fingerprint density at radius 2 is 2.00 bits per heavy atom. The number of aryl methyl sites for hydroxylation is 2. The fraction of sp³-hybridized carbons (Fsp3) is 0.143. The molecule has 0 aliphatic carbocycles. The summed E-state index contributed by atoms with van der Waals surface area (Å²) in [6.07, 6.45) is 1.77. The molecule has 1 heterocycles. The van der Waals surface area contributed by atoms with Crippen LogP contribution in [0.4, 0.5) is 5.69 Å². The minimum atomic E-state index is 0.485. The molecule has 0 radical (unpaired) electrons. The molecule has 0 spiro atoms. The molecule has 98 valence electrons. The minimum Gasteiger partial charge on any atom is -0.331 e. The van der Waals surface area contributed by atoms with E-state index in [0.717, 1.165) is 16.1 Å². The molecule has 0 aliphatic heterocycles. The largest absolute Gasteiger partial charge is 0.331 e. The number of hydrogen-bond donors (Lipinski definition) is 2. The van der Waals surface area contributed by atoms with Crippen LogP contribution >= 0.6 is 23.6 Å². The van der Waals surface area contributed by atoms with Gasteiger partial charge in [0.05, 0.1) is 6.21 Å². The average molecular weight is 289 g/mol. The van der Waals surface area contributed by atoms with Gasteiger partial charge in [-0.25, -0.2) is 0 Å².